The normalized spacial score (nSPS) is 13.1. The van der Waals surface area contributed by atoms with Gasteiger partial charge in [0.2, 0.25) is 0 Å². The molecule has 1 heterocycles. The van der Waals surface area contributed by atoms with E-state index in [9.17, 15) is 8.42 Å². The molecule has 1 aromatic rings. The van der Waals surface area contributed by atoms with Crippen LogP contribution in [0.2, 0.25) is 5.02 Å². The topological polar surface area (TPSA) is 76.0 Å². The zero-order valence-electron chi connectivity index (χ0n) is 10.5. The Morgan fingerprint density at radius 2 is 2.17 bits per heavy atom. The number of hydrogen-bond acceptors (Lipinski definition) is 4. The molecular weight excluding hydrogens is 299 g/mol. The van der Waals surface area contributed by atoms with E-state index in [1.807, 2.05) is 13.8 Å². The smallest absolute Gasteiger partial charge is 0.259 e. The molecule has 0 unspecified atom stereocenters. The number of aryl methyl sites for hydroxylation is 1. The SMILES string of the molecule is CCN[C@H](C)CNS(=O)(=O)c1c(Cl)cnn1C.Cl. The van der Waals surface area contributed by atoms with Gasteiger partial charge in [-0.05, 0) is 13.5 Å². The average molecular weight is 317 g/mol. The molecule has 0 amide bonds. The molecule has 0 saturated heterocycles. The Morgan fingerprint density at radius 3 is 2.61 bits per heavy atom. The molecule has 0 saturated carbocycles. The maximum atomic E-state index is 12.0. The van der Waals surface area contributed by atoms with Crippen molar-refractivity contribution in [3.63, 3.8) is 0 Å². The lowest BCUT2D eigenvalue weighted by Gasteiger charge is -2.13. The highest BCUT2D eigenvalue weighted by molar-refractivity contribution is 7.89. The van der Waals surface area contributed by atoms with E-state index in [1.54, 1.807) is 0 Å². The largest absolute Gasteiger partial charge is 0.313 e. The number of halogens is 2. The summed E-state index contributed by atoms with van der Waals surface area (Å²) in [7, 11) is -2.08. The molecule has 106 valence electrons. The summed E-state index contributed by atoms with van der Waals surface area (Å²) >= 11 is 5.79. The maximum Gasteiger partial charge on any atom is 0.259 e. The maximum absolute atomic E-state index is 12.0. The molecule has 0 aliphatic carbocycles. The van der Waals surface area contributed by atoms with Crippen LogP contribution in [0.4, 0.5) is 0 Å². The van der Waals surface area contributed by atoms with E-state index in [0.717, 1.165) is 6.54 Å². The Kier molecular flexibility index (Phi) is 7.16. The van der Waals surface area contributed by atoms with Gasteiger partial charge in [0.25, 0.3) is 10.0 Å². The standard InChI is InChI=1S/C9H17ClN4O2S.ClH/c1-4-11-7(2)5-13-17(15,16)9-8(10)6-12-14(9)3;/h6-7,11,13H,4-5H2,1-3H3;1H/t7-;/m1./s1. The van der Waals surface area contributed by atoms with Crippen LogP contribution in [0.5, 0.6) is 0 Å². The number of sulfonamides is 1. The highest BCUT2D eigenvalue weighted by Crippen LogP contribution is 2.19. The van der Waals surface area contributed by atoms with Gasteiger partial charge in [0, 0.05) is 19.6 Å². The molecule has 0 fully saturated rings. The number of rotatable bonds is 6. The Hall–Kier alpha value is -0.340. The van der Waals surface area contributed by atoms with Crippen LogP contribution in [-0.2, 0) is 17.1 Å². The molecule has 1 rings (SSSR count). The van der Waals surface area contributed by atoms with Crippen molar-refractivity contribution in [1.29, 1.82) is 0 Å². The van der Waals surface area contributed by atoms with E-state index in [-0.39, 0.29) is 28.5 Å². The Bertz CT molecular complexity index is 455. The van der Waals surface area contributed by atoms with Crippen molar-refractivity contribution >= 4 is 34.0 Å². The van der Waals surface area contributed by atoms with Crippen molar-refractivity contribution < 1.29 is 8.42 Å². The summed E-state index contributed by atoms with van der Waals surface area (Å²) in [5, 5.41) is 7.02. The quantitative estimate of drug-likeness (QED) is 0.813. The van der Waals surface area contributed by atoms with Gasteiger partial charge in [-0.3, -0.25) is 4.68 Å². The van der Waals surface area contributed by atoms with Crippen molar-refractivity contribution in [2.24, 2.45) is 7.05 Å². The minimum absolute atomic E-state index is 0. The third-order valence-electron chi connectivity index (χ3n) is 2.23. The molecule has 0 bridgehead atoms. The molecule has 9 heteroatoms. The van der Waals surface area contributed by atoms with Crippen LogP contribution in [0.15, 0.2) is 11.2 Å². The van der Waals surface area contributed by atoms with Gasteiger partial charge in [-0.15, -0.1) is 12.4 Å². The number of likely N-dealkylation sites (N-methyl/N-ethyl adjacent to an activating group) is 1. The molecule has 1 atom stereocenters. The predicted molar refractivity (Wildman–Crippen MR) is 73.8 cm³/mol. The molecular formula is C9H18Cl2N4O2S. The average Bonchev–Trinajstić information content (AvgIpc) is 2.57. The monoisotopic (exact) mass is 316 g/mol. The molecule has 0 spiro atoms. The highest BCUT2D eigenvalue weighted by Gasteiger charge is 2.22. The third kappa shape index (κ3) is 4.40. The summed E-state index contributed by atoms with van der Waals surface area (Å²) in [6.45, 7) is 4.95. The van der Waals surface area contributed by atoms with Crippen molar-refractivity contribution in [3.05, 3.63) is 11.2 Å². The number of aromatic nitrogens is 2. The van der Waals surface area contributed by atoms with E-state index in [1.165, 1.54) is 17.9 Å². The number of hydrogen-bond donors (Lipinski definition) is 2. The summed E-state index contributed by atoms with van der Waals surface area (Å²) < 4.78 is 27.6. The van der Waals surface area contributed by atoms with Crippen molar-refractivity contribution in [1.82, 2.24) is 19.8 Å². The van der Waals surface area contributed by atoms with Gasteiger partial charge in [0.15, 0.2) is 5.03 Å². The minimum Gasteiger partial charge on any atom is -0.313 e. The number of nitrogens with zero attached hydrogens (tertiary/aromatic N) is 2. The van der Waals surface area contributed by atoms with Crippen LogP contribution in [0.25, 0.3) is 0 Å². The van der Waals surface area contributed by atoms with Crippen LogP contribution in [-0.4, -0.2) is 37.3 Å². The van der Waals surface area contributed by atoms with Crippen LogP contribution in [0.3, 0.4) is 0 Å². The summed E-state index contributed by atoms with van der Waals surface area (Å²) in [5.74, 6) is 0. The lowest BCUT2D eigenvalue weighted by molar-refractivity contribution is 0.528. The second-order valence-corrected chi connectivity index (χ2v) is 5.82. The zero-order valence-corrected chi connectivity index (χ0v) is 12.9. The molecule has 0 aliphatic heterocycles. The van der Waals surface area contributed by atoms with Crippen molar-refractivity contribution in [2.45, 2.75) is 24.9 Å². The Balaban J connectivity index is 0.00000289. The molecule has 18 heavy (non-hydrogen) atoms. The fourth-order valence-electron chi connectivity index (χ4n) is 1.43. The second kappa shape index (κ2) is 7.30. The summed E-state index contributed by atoms with van der Waals surface area (Å²) in [5.41, 5.74) is 0. The molecule has 2 N–H and O–H groups in total. The van der Waals surface area contributed by atoms with Gasteiger partial charge >= 0.3 is 0 Å². The predicted octanol–water partition coefficient (Wildman–Crippen LogP) is 0.772. The van der Waals surface area contributed by atoms with Gasteiger partial charge in [0.05, 0.1) is 11.2 Å². The van der Waals surface area contributed by atoms with E-state index < -0.39 is 10.0 Å². The van der Waals surface area contributed by atoms with Crippen molar-refractivity contribution in [2.75, 3.05) is 13.1 Å². The first-order valence-corrected chi connectivity index (χ1v) is 7.15. The third-order valence-corrected chi connectivity index (χ3v) is 4.16. The minimum atomic E-state index is -3.61. The van der Waals surface area contributed by atoms with Gasteiger partial charge in [-0.2, -0.15) is 5.10 Å². The first kappa shape index (κ1) is 17.7. The second-order valence-electron chi connectivity index (χ2n) is 3.73. The Labute approximate surface area is 119 Å². The molecule has 0 aliphatic rings. The van der Waals surface area contributed by atoms with Crippen molar-refractivity contribution in [3.8, 4) is 0 Å². The zero-order chi connectivity index (χ0) is 13.1. The molecule has 1 aromatic heterocycles. The first-order chi connectivity index (χ1) is 7.88. The van der Waals surface area contributed by atoms with Crippen LogP contribution < -0.4 is 10.0 Å². The van der Waals surface area contributed by atoms with Crippen LogP contribution in [0.1, 0.15) is 13.8 Å². The van der Waals surface area contributed by atoms with Crippen LogP contribution >= 0.6 is 24.0 Å². The summed E-state index contributed by atoms with van der Waals surface area (Å²) in [6, 6.07) is 0.0572. The lowest BCUT2D eigenvalue weighted by atomic mass is 10.3. The van der Waals surface area contributed by atoms with E-state index in [4.69, 9.17) is 11.6 Å². The van der Waals surface area contributed by atoms with Crippen LogP contribution in [0, 0.1) is 0 Å². The molecule has 0 radical (unpaired) electrons. The van der Waals surface area contributed by atoms with E-state index >= 15 is 0 Å². The van der Waals surface area contributed by atoms with Gasteiger partial charge in [-0.25, -0.2) is 13.1 Å². The van der Waals surface area contributed by atoms with Gasteiger partial charge in [0.1, 0.15) is 0 Å². The fourth-order valence-corrected chi connectivity index (χ4v) is 3.21. The first-order valence-electron chi connectivity index (χ1n) is 5.29. The summed E-state index contributed by atoms with van der Waals surface area (Å²) in [6.07, 6.45) is 1.31. The van der Waals surface area contributed by atoms with Gasteiger partial charge in [-0.1, -0.05) is 18.5 Å². The highest BCUT2D eigenvalue weighted by atomic mass is 35.5. The Morgan fingerprint density at radius 1 is 1.56 bits per heavy atom. The lowest BCUT2D eigenvalue weighted by Crippen LogP contribution is -2.39. The molecule has 6 nitrogen and oxygen atoms in total. The fraction of sp³-hybridized carbons (Fsp3) is 0.667. The summed E-state index contributed by atoms with van der Waals surface area (Å²) in [4.78, 5) is 0. The number of nitrogens with one attached hydrogen (secondary N) is 2. The molecule has 0 aromatic carbocycles. The van der Waals surface area contributed by atoms with E-state index in [2.05, 4.69) is 15.1 Å². The van der Waals surface area contributed by atoms with Gasteiger partial charge < -0.3 is 5.32 Å². The van der Waals surface area contributed by atoms with E-state index in [0.29, 0.717) is 6.54 Å².